The molecular weight excluding hydrogens is 230 g/mol. The molecule has 15 heavy (non-hydrogen) atoms. The fourth-order valence-electron chi connectivity index (χ4n) is 1.27. The zero-order valence-corrected chi connectivity index (χ0v) is 9.39. The van der Waals surface area contributed by atoms with Crippen LogP contribution in [0.2, 0.25) is 5.02 Å². The Hall–Kier alpha value is -1.19. The lowest BCUT2D eigenvalue weighted by atomic mass is 10.1. The molecule has 0 aliphatic carbocycles. The van der Waals surface area contributed by atoms with Crippen molar-refractivity contribution in [1.29, 1.82) is 0 Å². The molecule has 4 heteroatoms. The van der Waals surface area contributed by atoms with E-state index in [9.17, 15) is 4.79 Å². The van der Waals surface area contributed by atoms with Gasteiger partial charge in [-0.3, -0.25) is 9.78 Å². The number of carbonyl (C=O) groups excluding carboxylic acids is 1. The van der Waals surface area contributed by atoms with E-state index in [0.29, 0.717) is 17.0 Å². The molecule has 1 aromatic heterocycles. The Bertz CT molecular complexity index is 467. The predicted molar refractivity (Wildman–Crippen MR) is 61.6 cm³/mol. The molecule has 0 saturated heterocycles. The first-order valence-electron chi connectivity index (χ1n) is 4.42. The van der Waals surface area contributed by atoms with Crippen molar-refractivity contribution >= 4 is 28.7 Å². The van der Waals surface area contributed by atoms with Gasteiger partial charge in [0.15, 0.2) is 5.78 Å². The number of hydrogen-bond acceptors (Lipinski definition) is 3. The maximum Gasteiger partial charge on any atom is 0.169 e. The third-order valence-electron chi connectivity index (χ3n) is 1.99. The summed E-state index contributed by atoms with van der Waals surface area (Å²) in [5.74, 6) is 0.0323. The summed E-state index contributed by atoms with van der Waals surface area (Å²) >= 11 is 7.40. The van der Waals surface area contributed by atoms with E-state index in [2.05, 4.69) is 4.98 Å². The summed E-state index contributed by atoms with van der Waals surface area (Å²) in [6.07, 6.45) is 2.08. The van der Waals surface area contributed by atoms with Crippen LogP contribution in [0, 0.1) is 0 Å². The fraction of sp³-hybridized carbons (Fsp3) is 0.0909. The first-order valence-corrected chi connectivity index (χ1v) is 5.68. The van der Waals surface area contributed by atoms with Crippen molar-refractivity contribution in [2.75, 3.05) is 0 Å². The molecule has 0 radical (unpaired) electrons. The smallest absolute Gasteiger partial charge is 0.169 e. The number of hydrogen-bond donors (Lipinski definition) is 0. The van der Waals surface area contributed by atoms with Gasteiger partial charge in [0.2, 0.25) is 0 Å². The molecule has 0 N–H and O–H groups in total. The van der Waals surface area contributed by atoms with Gasteiger partial charge < -0.3 is 0 Å². The summed E-state index contributed by atoms with van der Waals surface area (Å²) in [6, 6.07) is 7.09. The summed E-state index contributed by atoms with van der Waals surface area (Å²) in [4.78, 5) is 16.7. The number of thiazole rings is 1. The Kier molecular flexibility index (Phi) is 3.14. The normalized spacial score (nSPS) is 10.2. The van der Waals surface area contributed by atoms with Gasteiger partial charge in [-0.1, -0.05) is 23.7 Å². The number of carbonyl (C=O) groups is 1. The van der Waals surface area contributed by atoms with E-state index < -0.39 is 0 Å². The Balaban J connectivity index is 2.19. The Morgan fingerprint density at radius 1 is 1.40 bits per heavy atom. The molecule has 0 aliphatic rings. The van der Waals surface area contributed by atoms with Gasteiger partial charge in [-0.15, -0.1) is 11.3 Å². The minimum Gasteiger partial charge on any atom is -0.294 e. The van der Waals surface area contributed by atoms with Crippen LogP contribution in [0.15, 0.2) is 36.0 Å². The zero-order chi connectivity index (χ0) is 10.7. The lowest BCUT2D eigenvalue weighted by molar-refractivity contribution is 0.0994. The predicted octanol–water partition coefficient (Wildman–Crippen LogP) is 3.22. The molecule has 0 atom stereocenters. The summed E-state index contributed by atoms with van der Waals surface area (Å²) in [7, 11) is 0. The van der Waals surface area contributed by atoms with Gasteiger partial charge >= 0.3 is 0 Å². The summed E-state index contributed by atoms with van der Waals surface area (Å²) in [5, 5.41) is 0.506. The van der Waals surface area contributed by atoms with Crippen molar-refractivity contribution in [2.45, 2.75) is 6.42 Å². The second kappa shape index (κ2) is 4.55. The number of aromatic nitrogens is 1. The molecule has 0 fully saturated rings. The van der Waals surface area contributed by atoms with Crippen LogP contribution < -0.4 is 0 Å². The van der Waals surface area contributed by atoms with Crippen LogP contribution in [0.5, 0.6) is 0 Å². The van der Waals surface area contributed by atoms with Crippen LogP contribution in [0.25, 0.3) is 0 Å². The molecular formula is C11H8ClNOS. The standard InChI is InChI=1S/C11H8ClNOS/c12-10-4-2-1-3-9(10)11(14)5-8-6-13-7-15-8/h1-4,6-7H,5H2. The number of nitrogens with zero attached hydrogens (tertiary/aromatic N) is 1. The van der Waals surface area contributed by atoms with E-state index in [-0.39, 0.29) is 5.78 Å². The van der Waals surface area contributed by atoms with Crippen LogP contribution in [0.1, 0.15) is 15.2 Å². The Morgan fingerprint density at radius 3 is 2.87 bits per heavy atom. The second-order valence-electron chi connectivity index (χ2n) is 3.05. The number of rotatable bonds is 3. The molecule has 76 valence electrons. The van der Waals surface area contributed by atoms with Crippen LogP contribution in [0.3, 0.4) is 0 Å². The number of Topliss-reactive ketones (excluding diaryl/α,β-unsaturated/α-hetero) is 1. The third kappa shape index (κ3) is 2.43. The molecule has 0 spiro atoms. The zero-order valence-electron chi connectivity index (χ0n) is 7.81. The molecule has 1 heterocycles. The van der Waals surface area contributed by atoms with E-state index in [0.717, 1.165) is 4.88 Å². The van der Waals surface area contributed by atoms with Gasteiger partial charge in [0.1, 0.15) is 0 Å². The van der Waals surface area contributed by atoms with Crippen LogP contribution in [-0.4, -0.2) is 10.8 Å². The SMILES string of the molecule is O=C(Cc1cncs1)c1ccccc1Cl. The molecule has 0 saturated carbocycles. The highest BCUT2D eigenvalue weighted by Crippen LogP contribution is 2.18. The average Bonchev–Trinajstić information content (AvgIpc) is 2.71. The minimum absolute atomic E-state index is 0.0323. The number of benzene rings is 1. The molecule has 2 rings (SSSR count). The van der Waals surface area contributed by atoms with E-state index in [1.807, 2.05) is 12.1 Å². The van der Waals surface area contributed by atoms with Crippen molar-refractivity contribution in [1.82, 2.24) is 4.98 Å². The Labute approximate surface area is 96.5 Å². The van der Waals surface area contributed by atoms with E-state index >= 15 is 0 Å². The maximum atomic E-state index is 11.8. The van der Waals surface area contributed by atoms with Crippen molar-refractivity contribution < 1.29 is 4.79 Å². The fourth-order valence-corrected chi connectivity index (χ4v) is 2.10. The quantitative estimate of drug-likeness (QED) is 0.768. The van der Waals surface area contributed by atoms with Crippen LogP contribution in [0.4, 0.5) is 0 Å². The summed E-state index contributed by atoms with van der Waals surface area (Å²) in [5.41, 5.74) is 2.29. The van der Waals surface area contributed by atoms with Gasteiger partial charge in [0, 0.05) is 23.1 Å². The number of halogens is 1. The third-order valence-corrected chi connectivity index (χ3v) is 3.10. The van der Waals surface area contributed by atoms with Crippen molar-refractivity contribution in [3.8, 4) is 0 Å². The van der Waals surface area contributed by atoms with Gasteiger partial charge in [-0.2, -0.15) is 0 Å². The van der Waals surface area contributed by atoms with Crippen LogP contribution in [-0.2, 0) is 6.42 Å². The monoisotopic (exact) mass is 237 g/mol. The van der Waals surface area contributed by atoms with E-state index in [1.54, 1.807) is 23.8 Å². The lowest BCUT2D eigenvalue weighted by Crippen LogP contribution is -2.02. The average molecular weight is 238 g/mol. The highest BCUT2D eigenvalue weighted by Gasteiger charge is 2.10. The van der Waals surface area contributed by atoms with Gasteiger partial charge in [-0.25, -0.2) is 0 Å². The lowest BCUT2D eigenvalue weighted by Gasteiger charge is -2.00. The Morgan fingerprint density at radius 2 is 2.20 bits per heavy atom. The van der Waals surface area contributed by atoms with Gasteiger partial charge in [-0.05, 0) is 12.1 Å². The first kappa shape index (κ1) is 10.3. The highest BCUT2D eigenvalue weighted by atomic mass is 35.5. The summed E-state index contributed by atoms with van der Waals surface area (Å²) in [6.45, 7) is 0. The largest absolute Gasteiger partial charge is 0.294 e. The van der Waals surface area contributed by atoms with E-state index in [4.69, 9.17) is 11.6 Å². The highest BCUT2D eigenvalue weighted by molar-refractivity contribution is 7.09. The number of ketones is 1. The molecule has 0 bridgehead atoms. The molecule has 0 amide bonds. The van der Waals surface area contributed by atoms with E-state index in [1.165, 1.54) is 11.3 Å². The molecule has 2 aromatic rings. The van der Waals surface area contributed by atoms with Gasteiger partial charge in [0.25, 0.3) is 0 Å². The molecule has 2 nitrogen and oxygen atoms in total. The molecule has 1 aromatic carbocycles. The molecule has 0 aliphatic heterocycles. The van der Waals surface area contributed by atoms with Gasteiger partial charge in [0.05, 0.1) is 10.5 Å². The topological polar surface area (TPSA) is 30.0 Å². The van der Waals surface area contributed by atoms with Crippen molar-refractivity contribution in [2.24, 2.45) is 0 Å². The minimum atomic E-state index is 0.0323. The van der Waals surface area contributed by atoms with Crippen molar-refractivity contribution in [3.05, 3.63) is 51.4 Å². The van der Waals surface area contributed by atoms with Crippen molar-refractivity contribution in [3.63, 3.8) is 0 Å². The molecule has 0 unspecified atom stereocenters. The maximum absolute atomic E-state index is 11.8. The second-order valence-corrected chi connectivity index (χ2v) is 4.43. The first-order chi connectivity index (χ1) is 7.27. The summed E-state index contributed by atoms with van der Waals surface area (Å²) < 4.78 is 0. The van der Waals surface area contributed by atoms with Crippen LogP contribution >= 0.6 is 22.9 Å².